The van der Waals surface area contributed by atoms with Crippen LogP contribution in [-0.4, -0.2) is 16.6 Å². The van der Waals surface area contributed by atoms with Gasteiger partial charge in [-0.2, -0.15) is 18.2 Å². The Morgan fingerprint density at radius 2 is 1.38 bits per heavy atom. The number of halogens is 3. The van der Waals surface area contributed by atoms with Crippen molar-refractivity contribution in [1.29, 1.82) is 0 Å². The van der Waals surface area contributed by atoms with Crippen molar-refractivity contribution in [2.24, 2.45) is 0 Å². The number of unbranched alkanes of at least 4 members (excludes halogenated alkanes) is 6. The average molecular weight is 515 g/mol. The molecule has 3 aromatic rings. The van der Waals surface area contributed by atoms with Gasteiger partial charge in [-0.1, -0.05) is 64.5 Å². The minimum atomic E-state index is -4.59. The van der Waals surface area contributed by atoms with Crippen molar-refractivity contribution in [1.82, 2.24) is 9.97 Å². The highest BCUT2D eigenvalue weighted by Crippen LogP contribution is 2.35. The van der Waals surface area contributed by atoms with E-state index in [1.165, 1.54) is 32.1 Å². The summed E-state index contributed by atoms with van der Waals surface area (Å²) in [5, 5.41) is 5.80. The molecule has 0 atom stereocenters. The second-order valence-corrected chi connectivity index (χ2v) is 9.14. The Morgan fingerprint density at radius 3 is 2.03 bits per heavy atom. The van der Waals surface area contributed by atoms with E-state index in [4.69, 9.17) is 4.74 Å². The molecule has 2 aromatic carbocycles. The zero-order chi connectivity index (χ0) is 26.5. The van der Waals surface area contributed by atoms with Crippen LogP contribution in [0.1, 0.15) is 76.3 Å². The van der Waals surface area contributed by atoms with E-state index >= 15 is 0 Å². The molecular weight excluding hydrogens is 477 g/mol. The van der Waals surface area contributed by atoms with E-state index in [2.05, 4.69) is 34.4 Å². The third-order valence-corrected chi connectivity index (χ3v) is 6.01. The molecule has 0 saturated heterocycles. The van der Waals surface area contributed by atoms with Crippen molar-refractivity contribution in [2.45, 2.75) is 77.8 Å². The van der Waals surface area contributed by atoms with E-state index < -0.39 is 11.7 Å². The molecule has 0 unspecified atom stereocenters. The first-order valence-electron chi connectivity index (χ1n) is 13.2. The minimum Gasteiger partial charge on any atom is -0.494 e. The molecule has 0 amide bonds. The van der Waals surface area contributed by atoms with Gasteiger partial charge < -0.3 is 15.4 Å². The molecule has 0 spiro atoms. The van der Waals surface area contributed by atoms with Crippen molar-refractivity contribution >= 4 is 23.1 Å². The van der Waals surface area contributed by atoms with Crippen LogP contribution < -0.4 is 15.4 Å². The van der Waals surface area contributed by atoms with E-state index in [0.717, 1.165) is 43.2 Å². The van der Waals surface area contributed by atoms with Crippen LogP contribution in [0.3, 0.4) is 0 Å². The standard InChI is InChI=1S/C29H37F3N4O/c1-3-5-7-9-11-22-12-14-23(15-13-22)34-27-26(29(30,31)32)21-33-28(36-27)35-24-16-18-25(19-17-24)37-20-10-8-6-4-2/h12-19,21H,3-11,20H2,1-2H3,(H2,33,34,35,36). The molecule has 1 aromatic heterocycles. The van der Waals surface area contributed by atoms with Crippen molar-refractivity contribution in [3.05, 3.63) is 65.9 Å². The van der Waals surface area contributed by atoms with Gasteiger partial charge in [0.05, 0.1) is 6.61 Å². The summed E-state index contributed by atoms with van der Waals surface area (Å²) in [5.41, 5.74) is 1.43. The number of hydrogen-bond donors (Lipinski definition) is 2. The van der Waals surface area contributed by atoms with Crippen LogP contribution in [0.15, 0.2) is 54.7 Å². The summed E-state index contributed by atoms with van der Waals surface area (Å²) in [6.07, 6.45) is 6.35. The summed E-state index contributed by atoms with van der Waals surface area (Å²) in [6.45, 7) is 4.99. The summed E-state index contributed by atoms with van der Waals surface area (Å²) in [7, 11) is 0. The Morgan fingerprint density at radius 1 is 0.757 bits per heavy atom. The summed E-state index contributed by atoms with van der Waals surface area (Å²) < 4.78 is 46.7. The summed E-state index contributed by atoms with van der Waals surface area (Å²) in [4.78, 5) is 8.03. The highest BCUT2D eigenvalue weighted by atomic mass is 19.4. The van der Waals surface area contributed by atoms with Crippen LogP contribution in [0.4, 0.5) is 36.3 Å². The van der Waals surface area contributed by atoms with Gasteiger partial charge >= 0.3 is 6.18 Å². The minimum absolute atomic E-state index is 0.0660. The lowest BCUT2D eigenvalue weighted by Crippen LogP contribution is -2.12. The molecule has 0 saturated carbocycles. The Bertz CT molecular complexity index is 1070. The fourth-order valence-electron chi connectivity index (χ4n) is 3.87. The van der Waals surface area contributed by atoms with Gasteiger partial charge in [0, 0.05) is 17.6 Å². The first-order valence-corrected chi connectivity index (χ1v) is 13.2. The maximum Gasteiger partial charge on any atom is 0.421 e. The zero-order valence-electron chi connectivity index (χ0n) is 21.7. The number of benzene rings is 2. The van der Waals surface area contributed by atoms with Gasteiger partial charge in [0.25, 0.3) is 0 Å². The number of ether oxygens (including phenoxy) is 1. The third kappa shape index (κ3) is 9.59. The Kier molecular flexibility index (Phi) is 11.0. The number of rotatable bonds is 15. The Hall–Kier alpha value is -3.29. The molecule has 8 heteroatoms. The fourth-order valence-corrected chi connectivity index (χ4v) is 3.87. The van der Waals surface area contributed by atoms with Gasteiger partial charge in [-0.25, -0.2) is 4.98 Å². The van der Waals surface area contributed by atoms with Crippen molar-refractivity contribution in [3.63, 3.8) is 0 Å². The molecule has 5 nitrogen and oxygen atoms in total. The van der Waals surface area contributed by atoms with E-state index in [1.54, 1.807) is 24.3 Å². The summed E-state index contributed by atoms with van der Waals surface area (Å²) in [6, 6.07) is 14.6. The molecule has 0 radical (unpaired) electrons. The van der Waals surface area contributed by atoms with Crippen LogP contribution >= 0.6 is 0 Å². The molecule has 0 aliphatic rings. The van der Waals surface area contributed by atoms with Crippen LogP contribution in [0.2, 0.25) is 0 Å². The van der Waals surface area contributed by atoms with Crippen LogP contribution in [0.5, 0.6) is 5.75 Å². The van der Waals surface area contributed by atoms with E-state index in [1.807, 2.05) is 24.3 Å². The number of alkyl halides is 3. The van der Waals surface area contributed by atoms with Crippen molar-refractivity contribution in [2.75, 3.05) is 17.2 Å². The van der Waals surface area contributed by atoms with Crippen molar-refractivity contribution < 1.29 is 17.9 Å². The lowest BCUT2D eigenvalue weighted by atomic mass is 10.1. The topological polar surface area (TPSA) is 59.1 Å². The zero-order valence-corrected chi connectivity index (χ0v) is 21.7. The second kappa shape index (κ2) is 14.4. The third-order valence-electron chi connectivity index (χ3n) is 6.01. The quantitative estimate of drug-likeness (QED) is 0.198. The van der Waals surface area contributed by atoms with Crippen LogP contribution in [-0.2, 0) is 12.6 Å². The smallest absolute Gasteiger partial charge is 0.421 e. The lowest BCUT2D eigenvalue weighted by Gasteiger charge is -2.15. The Balaban J connectivity index is 1.65. The molecule has 0 bridgehead atoms. The molecule has 2 N–H and O–H groups in total. The van der Waals surface area contributed by atoms with Gasteiger partial charge in [-0.3, -0.25) is 0 Å². The van der Waals surface area contributed by atoms with Crippen molar-refractivity contribution in [3.8, 4) is 5.75 Å². The number of anilines is 4. The van der Waals surface area contributed by atoms with Gasteiger partial charge in [0.2, 0.25) is 5.95 Å². The molecule has 200 valence electrons. The van der Waals surface area contributed by atoms with Gasteiger partial charge in [0.15, 0.2) is 0 Å². The first kappa shape index (κ1) is 28.3. The number of nitrogens with one attached hydrogen (secondary N) is 2. The average Bonchev–Trinajstić information content (AvgIpc) is 2.88. The van der Waals surface area contributed by atoms with Gasteiger partial charge in [-0.15, -0.1) is 0 Å². The number of hydrogen-bond acceptors (Lipinski definition) is 5. The molecule has 1 heterocycles. The second-order valence-electron chi connectivity index (χ2n) is 9.14. The van der Waals surface area contributed by atoms with Crippen LogP contribution in [0, 0.1) is 0 Å². The first-order chi connectivity index (χ1) is 17.9. The van der Waals surface area contributed by atoms with E-state index in [0.29, 0.717) is 18.0 Å². The lowest BCUT2D eigenvalue weighted by molar-refractivity contribution is -0.137. The molecule has 0 aliphatic carbocycles. The number of nitrogens with zero attached hydrogens (tertiary/aromatic N) is 2. The maximum atomic E-state index is 13.6. The molecule has 37 heavy (non-hydrogen) atoms. The normalized spacial score (nSPS) is 11.4. The SMILES string of the molecule is CCCCCCOc1ccc(Nc2ncc(C(F)(F)F)c(Nc3ccc(CCCCCC)cc3)n2)cc1. The maximum absolute atomic E-state index is 13.6. The van der Waals surface area contributed by atoms with Gasteiger partial charge in [0.1, 0.15) is 17.1 Å². The Labute approximate surface area is 217 Å². The number of aryl methyl sites for hydroxylation is 1. The monoisotopic (exact) mass is 514 g/mol. The predicted molar refractivity (Wildman–Crippen MR) is 144 cm³/mol. The largest absolute Gasteiger partial charge is 0.494 e. The predicted octanol–water partition coefficient (Wildman–Crippen LogP) is 9.06. The molecule has 3 rings (SSSR count). The molecule has 0 fully saturated rings. The fraction of sp³-hybridized carbons (Fsp3) is 0.448. The highest BCUT2D eigenvalue weighted by molar-refractivity contribution is 5.63. The molecular formula is C29H37F3N4O. The highest BCUT2D eigenvalue weighted by Gasteiger charge is 2.35. The summed E-state index contributed by atoms with van der Waals surface area (Å²) in [5.74, 6) is 0.510. The van der Waals surface area contributed by atoms with Gasteiger partial charge in [-0.05, 0) is 61.2 Å². The number of aromatic nitrogens is 2. The summed E-state index contributed by atoms with van der Waals surface area (Å²) >= 11 is 0. The molecule has 0 aliphatic heterocycles. The van der Waals surface area contributed by atoms with E-state index in [-0.39, 0.29) is 11.8 Å². The van der Waals surface area contributed by atoms with E-state index in [9.17, 15) is 13.2 Å². The van der Waals surface area contributed by atoms with Crippen LogP contribution in [0.25, 0.3) is 0 Å².